The zero-order chi connectivity index (χ0) is 24.3. The van der Waals surface area contributed by atoms with Gasteiger partial charge in [-0.05, 0) is 54.7 Å². The molecule has 3 N–H and O–H groups in total. The van der Waals surface area contributed by atoms with Crippen molar-refractivity contribution in [1.82, 2.24) is 30.1 Å². The van der Waals surface area contributed by atoms with E-state index in [-0.39, 0.29) is 5.91 Å². The Bertz CT molecular complexity index is 1200. The third-order valence-electron chi connectivity index (χ3n) is 7.34. The molecule has 8 heterocycles. The molecule has 9 heteroatoms. The molecule has 1 amide bonds. The average Bonchev–Trinajstić information content (AvgIpc) is 3.11. The number of hydrogen-bond donors (Lipinski definition) is 3. The molecule has 0 saturated carbocycles. The molecule has 2 aromatic heterocycles. The first-order chi connectivity index (χ1) is 17.7. The predicted molar refractivity (Wildman–Crippen MR) is 140 cm³/mol. The smallest absolute Gasteiger partial charge is 0.234 e. The van der Waals surface area contributed by atoms with Gasteiger partial charge in [0.15, 0.2) is 0 Å². The second-order valence-corrected chi connectivity index (χ2v) is 9.93. The normalized spacial score (nSPS) is 26.1. The van der Waals surface area contributed by atoms with E-state index in [1.54, 1.807) is 6.20 Å². The van der Waals surface area contributed by atoms with Crippen LogP contribution in [0.5, 0.6) is 0 Å². The fourth-order valence-electron chi connectivity index (χ4n) is 5.60. The number of aromatic nitrogens is 3. The van der Waals surface area contributed by atoms with Gasteiger partial charge in [-0.2, -0.15) is 0 Å². The highest BCUT2D eigenvalue weighted by Crippen LogP contribution is 2.31. The first kappa shape index (κ1) is 22.9. The largest absolute Gasteiger partial charge is 0.355 e. The molecule has 9 rings (SSSR count). The summed E-state index contributed by atoms with van der Waals surface area (Å²) < 4.78 is 0. The van der Waals surface area contributed by atoms with E-state index < -0.39 is 0 Å². The van der Waals surface area contributed by atoms with Crippen LogP contribution in [-0.4, -0.2) is 75.5 Å². The molecule has 6 aliphatic heterocycles. The molecule has 3 aromatic rings. The lowest BCUT2D eigenvalue weighted by Crippen LogP contribution is -2.55. The summed E-state index contributed by atoms with van der Waals surface area (Å²) in [6.07, 6.45) is 8.59. The Labute approximate surface area is 211 Å². The summed E-state index contributed by atoms with van der Waals surface area (Å²) in [6, 6.07) is 13.4. The van der Waals surface area contributed by atoms with Gasteiger partial charge in [-0.1, -0.05) is 12.1 Å². The van der Waals surface area contributed by atoms with Crippen molar-refractivity contribution in [2.45, 2.75) is 37.9 Å². The van der Waals surface area contributed by atoms with E-state index in [9.17, 15) is 4.79 Å². The maximum Gasteiger partial charge on any atom is 0.234 e. The van der Waals surface area contributed by atoms with Crippen molar-refractivity contribution < 1.29 is 4.79 Å². The Balaban J connectivity index is 1.24. The van der Waals surface area contributed by atoms with Gasteiger partial charge in [-0.15, -0.1) is 0 Å². The first-order valence-corrected chi connectivity index (χ1v) is 12.8. The van der Waals surface area contributed by atoms with Crippen LogP contribution in [0.15, 0.2) is 55.0 Å². The molecule has 2 unspecified atom stereocenters. The molecular formula is C27H32N8O. The van der Waals surface area contributed by atoms with Crippen molar-refractivity contribution in [3.05, 3.63) is 60.6 Å². The summed E-state index contributed by atoms with van der Waals surface area (Å²) in [6.45, 7) is 4.75. The summed E-state index contributed by atoms with van der Waals surface area (Å²) in [5.41, 5.74) is 4.23. The first-order valence-electron chi connectivity index (χ1n) is 12.8. The molecule has 36 heavy (non-hydrogen) atoms. The predicted octanol–water partition coefficient (Wildman–Crippen LogP) is 2.86. The van der Waals surface area contributed by atoms with Gasteiger partial charge in [-0.25, -0.2) is 15.0 Å². The summed E-state index contributed by atoms with van der Waals surface area (Å²) in [4.78, 5) is 31.0. The summed E-state index contributed by atoms with van der Waals surface area (Å²) in [7, 11) is 0. The lowest BCUT2D eigenvalue weighted by Gasteiger charge is -2.40. The maximum atomic E-state index is 12.6. The molecule has 0 spiro atoms. The molecule has 10 bridgehead atoms. The number of nitrogens with zero attached hydrogens (tertiary/aromatic N) is 5. The maximum absolute atomic E-state index is 12.6. The quantitative estimate of drug-likeness (QED) is 0.448. The summed E-state index contributed by atoms with van der Waals surface area (Å²) >= 11 is 0. The lowest BCUT2D eigenvalue weighted by atomic mass is 10.1. The SMILES string of the molecule is O=C1CN2C3CCC2CN(Cc2cccc(c2)Nc2cc(ccn2)-c2cnc(nc2)NCCCN1)C3. The van der Waals surface area contributed by atoms with E-state index in [0.29, 0.717) is 37.7 Å². The third-order valence-corrected chi connectivity index (χ3v) is 7.34. The van der Waals surface area contributed by atoms with Crippen molar-refractivity contribution in [3.63, 3.8) is 0 Å². The van der Waals surface area contributed by atoms with Gasteiger partial charge < -0.3 is 16.0 Å². The van der Waals surface area contributed by atoms with Crippen LogP contribution in [-0.2, 0) is 11.3 Å². The lowest BCUT2D eigenvalue weighted by molar-refractivity contribution is -0.123. The van der Waals surface area contributed by atoms with Gasteiger partial charge >= 0.3 is 0 Å². The number of piperazine rings is 1. The minimum absolute atomic E-state index is 0.119. The number of anilines is 3. The van der Waals surface area contributed by atoms with Crippen molar-refractivity contribution in [3.8, 4) is 11.1 Å². The molecule has 186 valence electrons. The molecule has 0 radical (unpaired) electrons. The average molecular weight is 485 g/mol. The Morgan fingerprint density at radius 1 is 0.861 bits per heavy atom. The molecule has 2 saturated heterocycles. The highest BCUT2D eigenvalue weighted by molar-refractivity contribution is 5.78. The van der Waals surface area contributed by atoms with Crippen LogP contribution in [0, 0.1) is 0 Å². The van der Waals surface area contributed by atoms with Gasteiger partial charge in [0.1, 0.15) is 5.82 Å². The van der Waals surface area contributed by atoms with Gasteiger partial charge in [0, 0.05) is 74.6 Å². The number of benzene rings is 1. The molecule has 2 fully saturated rings. The van der Waals surface area contributed by atoms with Crippen LogP contribution < -0.4 is 16.0 Å². The fourth-order valence-corrected chi connectivity index (χ4v) is 5.60. The van der Waals surface area contributed by atoms with Crippen molar-refractivity contribution >= 4 is 23.4 Å². The number of rotatable bonds is 0. The van der Waals surface area contributed by atoms with Crippen LogP contribution in [0.1, 0.15) is 24.8 Å². The zero-order valence-electron chi connectivity index (χ0n) is 20.4. The van der Waals surface area contributed by atoms with E-state index in [4.69, 9.17) is 0 Å². The number of pyridine rings is 1. The molecule has 1 aromatic carbocycles. The van der Waals surface area contributed by atoms with Crippen molar-refractivity contribution in [1.29, 1.82) is 0 Å². The molecule has 6 aliphatic rings. The fraction of sp³-hybridized carbons (Fsp3) is 0.407. The summed E-state index contributed by atoms with van der Waals surface area (Å²) in [5.74, 6) is 1.49. The Morgan fingerprint density at radius 2 is 1.67 bits per heavy atom. The summed E-state index contributed by atoms with van der Waals surface area (Å²) in [5, 5.41) is 9.80. The van der Waals surface area contributed by atoms with E-state index in [1.165, 1.54) is 18.4 Å². The number of nitrogens with one attached hydrogen (secondary N) is 3. The van der Waals surface area contributed by atoms with Crippen molar-refractivity contribution in [2.24, 2.45) is 0 Å². The number of amides is 1. The van der Waals surface area contributed by atoms with E-state index in [0.717, 1.165) is 48.7 Å². The zero-order valence-corrected chi connectivity index (χ0v) is 20.4. The minimum Gasteiger partial charge on any atom is -0.355 e. The van der Waals surface area contributed by atoms with Crippen molar-refractivity contribution in [2.75, 3.05) is 43.4 Å². The number of hydrogen-bond acceptors (Lipinski definition) is 8. The highest BCUT2D eigenvalue weighted by Gasteiger charge is 2.40. The Morgan fingerprint density at radius 3 is 2.50 bits per heavy atom. The number of carbonyl (C=O) groups excluding carboxylic acids is 1. The molecule has 0 aliphatic carbocycles. The highest BCUT2D eigenvalue weighted by atomic mass is 16.2. The topological polar surface area (TPSA) is 98.3 Å². The molecule has 2 atom stereocenters. The molecule has 9 nitrogen and oxygen atoms in total. The number of carbonyl (C=O) groups is 1. The van der Waals surface area contributed by atoms with Gasteiger partial charge in [0.25, 0.3) is 0 Å². The van der Waals surface area contributed by atoms with Crippen LogP contribution in [0.4, 0.5) is 17.5 Å². The van der Waals surface area contributed by atoms with E-state index in [1.807, 2.05) is 24.5 Å². The van der Waals surface area contributed by atoms with Crippen LogP contribution >= 0.6 is 0 Å². The van der Waals surface area contributed by atoms with E-state index >= 15 is 0 Å². The van der Waals surface area contributed by atoms with Crippen LogP contribution in [0.2, 0.25) is 0 Å². The van der Waals surface area contributed by atoms with Gasteiger partial charge in [0.05, 0.1) is 6.54 Å². The second-order valence-electron chi connectivity index (χ2n) is 9.93. The standard InChI is InChI=1S/C27H32N8O/c36-26-18-35-23-5-6-24(35)17-34(16-23)15-19-3-1-4-22(11-19)33-25-12-20(7-10-28-25)21-13-31-27(32-14-21)30-9-2-8-29-26/h1,3-4,7,10-14,23-24H,2,5-6,8-9,15-18H2,(H,28,33)(H,29,36)(H,30,31,32). The Hall–Kier alpha value is -3.56. The second kappa shape index (κ2) is 10.2. The minimum atomic E-state index is 0.119. The monoisotopic (exact) mass is 484 g/mol. The Kier molecular flexibility index (Phi) is 6.48. The molecular weight excluding hydrogens is 452 g/mol. The van der Waals surface area contributed by atoms with Gasteiger partial charge in [0.2, 0.25) is 11.9 Å². The van der Waals surface area contributed by atoms with Gasteiger partial charge in [-0.3, -0.25) is 14.6 Å². The van der Waals surface area contributed by atoms with Crippen LogP contribution in [0.3, 0.4) is 0 Å². The van der Waals surface area contributed by atoms with E-state index in [2.05, 4.69) is 65.0 Å². The van der Waals surface area contributed by atoms with Crippen LogP contribution in [0.25, 0.3) is 11.1 Å². The third kappa shape index (κ3) is 5.17.